The van der Waals surface area contributed by atoms with Gasteiger partial charge in [-0.2, -0.15) is 5.26 Å². The summed E-state index contributed by atoms with van der Waals surface area (Å²) in [6.45, 7) is 5.19. The molecule has 0 amide bonds. The summed E-state index contributed by atoms with van der Waals surface area (Å²) < 4.78 is 0. The van der Waals surface area contributed by atoms with Crippen LogP contribution in [-0.4, -0.2) is 30.6 Å². The van der Waals surface area contributed by atoms with Gasteiger partial charge in [0.25, 0.3) is 0 Å². The fraction of sp³-hybridized carbons (Fsp3) is 0.917. The Labute approximate surface area is 94.2 Å². The van der Waals surface area contributed by atoms with Gasteiger partial charge in [0.05, 0.1) is 12.1 Å². The number of hydrogen-bond acceptors (Lipinski definition) is 3. The number of nitrogens with zero attached hydrogens (tertiary/aromatic N) is 2. The molecule has 0 aromatic heterocycles. The highest BCUT2D eigenvalue weighted by molar-refractivity contribution is 4.90. The zero-order valence-electron chi connectivity index (χ0n) is 10.4. The van der Waals surface area contributed by atoms with E-state index in [2.05, 4.69) is 24.8 Å². The predicted octanol–water partition coefficient (Wildman–Crippen LogP) is 2.13. The van der Waals surface area contributed by atoms with E-state index in [9.17, 15) is 0 Å². The maximum Gasteiger partial charge on any atom is 0.0975 e. The van der Waals surface area contributed by atoms with Crippen molar-refractivity contribution in [3.63, 3.8) is 0 Å². The minimum Gasteiger partial charge on any atom is -0.328 e. The van der Waals surface area contributed by atoms with E-state index in [4.69, 9.17) is 11.0 Å². The van der Waals surface area contributed by atoms with Crippen LogP contribution in [0.25, 0.3) is 0 Å². The van der Waals surface area contributed by atoms with Gasteiger partial charge >= 0.3 is 0 Å². The van der Waals surface area contributed by atoms with Crippen molar-refractivity contribution in [2.75, 3.05) is 13.6 Å². The third-order valence-corrected chi connectivity index (χ3v) is 2.76. The van der Waals surface area contributed by atoms with Gasteiger partial charge in [-0.1, -0.05) is 26.7 Å². The minimum absolute atomic E-state index is 0.0591. The van der Waals surface area contributed by atoms with Gasteiger partial charge in [-0.3, -0.25) is 4.90 Å². The summed E-state index contributed by atoms with van der Waals surface area (Å²) >= 11 is 0. The summed E-state index contributed by atoms with van der Waals surface area (Å²) in [6, 6.07) is 2.69. The van der Waals surface area contributed by atoms with E-state index in [0.717, 1.165) is 38.6 Å². The van der Waals surface area contributed by atoms with Gasteiger partial charge in [0.2, 0.25) is 0 Å². The molecule has 2 N–H and O–H groups in total. The molecule has 0 fully saturated rings. The van der Waals surface area contributed by atoms with Crippen molar-refractivity contribution in [1.82, 2.24) is 4.90 Å². The second-order valence-corrected chi connectivity index (χ2v) is 4.25. The molecule has 0 heterocycles. The highest BCUT2D eigenvalue weighted by Crippen LogP contribution is 2.06. The SMILES string of the molecule is CCCC(N)CCN(C)C(C#N)CCC. The summed E-state index contributed by atoms with van der Waals surface area (Å²) in [5.74, 6) is 0. The number of hydrogen-bond donors (Lipinski definition) is 1. The van der Waals surface area contributed by atoms with Gasteiger partial charge in [0.1, 0.15) is 0 Å². The Morgan fingerprint density at radius 2 is 1.80 bits per heavy atom. The Morgan fingerprint density at radius 3 is 2.27 bits per heavy atom. The molecule has 3 nitrogen and oxygen atoms in total. The first kappa shape index (κ1) is 14.4. The molecule has 0 radical (unpaired) electrons. The third kappa shape index (κ3) is 6.48. The smallest absolute Gasteiger partial charge is 0.0975 e. The molecule has 0 rings (SSSR count). The van der Waals surface area contributed by atoms with Gasteiger partial charge in [0, 0.05) is 12.6 Å². The molecule has 15 heavy (non-hydrogen) atoms. The molecule has 0 aromatic rings. The Bertz CT molecular complexity index is 186. The van der Waals surface area contributed by atoms with Gasteiger partial charge in [0.15, 0.2) is 0 Å². The fourth-order valence-corrected chi connectivity index (χ4v) is 1.70. The van der Waals surface area contributed by atoms with Crippen LogP contribution >= 0.6 is 0 Å². The van der Waals surface area contributed by atoms with Crippen LogP contribution in [0.15, 0.2) is 0 Å². The van der Waals surface area contributed by atoms with Crippen molar-refractivity contribution in [3.05, 3.63) is 0 Å². The first-order valence-corrected chi connectivity index (χ1v) is 6.01. The van der Waals surface area contributed by atoms with Gasteiger partial charge in [-0.25, -0.2) is 0 Å². The van der Waals surface area contributed by atoms with Crippen LogP contribution in [-0.2, 0) is 0 Å². The van der Waals surface area contributed by atoms with Crippen LogP contribution in [0.5, 0.6) is 0 Å². The van der Waals surface area contributed by atoms with Crippen molar-refractivity contribution in [1.29, 1.82) is 5.26 Å². The Kier molecular flexibility index (Phi) is 8.35. The highest BCUT2D eigenvalue weighted by Gasteiger charge is 2.13. The average Bonchev–Trinajstić information content (AvgIpc) is 2.23. The van der Waals surface area contributed by atoms with Crippen molar-refractivity contribution >= 4 is 0 Å². The van der Waals surface area contributed by atoms with E-state index in [1.165, 1.54) is 0 Å². The van der Waals surface area contributed by atoms with Crippen LogP contribution in [0.3, 0.4) is 0 Å². The first-order chi connectivity index (χ1) is 7.15. The standard InChI is InChI=1S/C12H25N3/c1-4-6-11(14)8-9-15(3)12(10-13)7-5-2/h11-12H,4-9,14H2,1-3H3. The topological polar surface area (TPSA) is 53.0 Å². The largest absolute Gasteiger partial charge is 0.328 e. The maximum atomic E-state index is 8.97. The van der Waals surface area contributed by atoms with E-state index in [1.54, 1.807) is 0 Å². The van der Waals surface area contributed by atoms with E-state index < -0.39 is 0 Å². The van der Waals surface area contributed by atoms with Crippen LogP contribution in [0.1, 0.15) is 46.0 Å². The quantitative estimate of drug-likeness (QED) is 0.669. The summed E-state index contributed by atoms with van der Waals surface area (Å²) in [5, 5.41) is 8.97. The summed E-state index contributed by atoms with van der Waals surface area (Å²) in [6.07, 6.45) is 5.23. The lowest BCUT2D eigenvalue weighted by molar-refractivity contribution is 0.262. The molecular formula is C12H25N3. The summed E-state index contributed by atoms with van der Waals surface area (Å²) in [5.41, 5.74) is 5.94. The molecule has 0 bridgehead atoms. The Hall–Kier alpha value is -0.590. The monoisotopic (exact) mass is 211 g/mol. The molecule has 2 unspecified atom stereocenters. The highest BCUT2D eigenvalue weighted by atomic mass is 15.1. The molecule has 2 atom stereocenters. The van der Waals surface area contributed by atoms with Gasteiger partial charge in [-0.15, -0.1) is 0 Å². The predicted molar refractivity (Wildman–Crippen MR) is 64.4 cm³/mol. The molecule has 0 aliphatic rings. The van der Waals surface area contributed by atoms with Gasteiger partial charge < -0.3 is 5.73 Å². The molecule has 88 valence electrons. The zero-order valence-corrected chi connectivity index (χ0v) is 10.4. The molecule has 0 aliphatic heterocycles. The van der Waals surface area contributed by atoms with E-state index in [-0.39, 0.29) is 6.04 Å². The van der Waals surface area contributed by atoms with Crippen LogP contribution in [0.4, 0.5) is 0 Å². The second-order valence-electron chi connectivity index (χ2n) is 4.25. The van der Waals surface area contributed by atoms with E-state index >= 15 is 0 Å². The molecule has 0 spiro atoms. The minimum atomic E-state index is 0.0591. The van der Waals surface area contributed by atoms with E-state index in [1.807, 2.05) is 7.05 Å². The maximum absolute atomic E-state index is 8.97. The second kappa shape index (κ2) is 8.70. The van der Waals surface area contributed by atoms with Crippen LogP contribution in [0, 0.1) is 11.3 Å². The zero-order chi connectivity index (χ0) is 11.7. The summed E-state index contributed by atoms with van der Waals surface area (Å²) in [7, 11) is 2.02. The van der Waals surface area contributed by atoms with Crippen molar-refractivity contribution in [2.24, 2.45) is 5.73 Å². The first-order valence-electron chi connectivity index (χ1n) is 6.01. The van der Waals surface area contributed by atoms with Gasteiger partial charge in [-0.05, 0) is 26.3 Å². The number of nitriles is 1. The molecule has 0 aliphatic carbocycles. The lowest BCUT2D eigenvalue weighted by Gasteiger charge is -2.23. The third-order valence-electron chi connectivity index (χ3n) is 2.76. The van der Waals surface area contributed by atoms with Crippen molar-refractivity contribution in [2.45, 2.75) is 58.0 Å². The van der Waals surface area contributed by atoms with Crippen LogP contribution < -0.4 is 5.73 Å². The number of rotatable bonds is 8. The lowest BCUT2D eigenvalue weighted by atomic mass is 10.1. The normalized spacial score (nSPS) is 14.9. The van der Waals surface area contributed by atoms with E-state index in [0.29, 0.717) is 6.04 Å². The Balaban J connectivity index is 3.80. The molecule has 0 saturated carbocycles. The lowest BCUT2D eigenvalue weighted by Crippen LogP contribution is -2.34. The molecule has 0 aromatic carbocycles. The summed E-state index contributed by atoms with van der Waals surface area (Å²) in [4.78, 5) is 2.12. The Morgan fingerprint density at radius 1 is 1.20 bits per heavy atom. The van der Waals surface area contributed by atoms with Crippen molar-refractivity contribution < 1.29 is 0 Å². The molecular weight excluding hydrogens is 186 g/mol. The fourth-order valence-electron chi connectivity index (χ4n) is 1.70. The van der Waals surface area contributed by atoms with Crippen LogP contribution in [0.2, 0.25) is 0 Å². The average molecular weight is 211 g/mol. The number of nitrogens with two attached hydrogens (primary N) is 1. The molecule has 3 heteroatoms. The molecule has 0 saturated heterocycles. The van der Waals surface area contributed by atoms with Crippen molar-refractivity contribution in [3.8, 4) is 6.07 Å².